The Morgan fingerprint density at radius 2 is 2.07 bits per heavy atom. The van der Waals surface area contributed by atoms with E-state index in [4.69, 9.17) is 4.98 Å². The Kier molecular flexibility index (Phi) is 5.76. The van der Waals surface area contributed by atoms with Crippen LogP contribution in [-0.2, 0) is 11.3 Å². The van der Waals surface area contributed by atoms with Gasteiger partial charge < -0.3 is 20.1 Å². The number of imidazole rings is 1. The fourth-order valence-corrected chi connectivity index (χ4v) is 4.11. The van der Waals surface area contributed by atoms with Crippen molar-refractivity contribution in [1.82, 2.24) is 15.3 Å². The molecule has 1 amide bonds. The SMILES string of the molecule is CN(C)c1ccc(CNC(=O)[C@@H]2CCCN(c3nc4ccc(Br)cc4[nH]3)C2)cc1. The summed E-state index contributed by atoms with van der Waals surface area (Å²) < 4.78 is 1.02. The standard InChI is InChI=1S/C22H26BrN5O/c1-27(2)18-8-5-15(6-9-18)13-24-21(29)16-4-3-11-28(14-16)22-25-19-10-7-17(23)12-20(19)26-22/h5-10,12,16H,3-4,11,13-14H2,1-2H3,(H,24,29)(H,25,26)/t16-/m1/s1. The summed E-state index contributed by atoms with van der Waals surface area (Å²) in [6, 6.07) is 14.3. The van der Waals surface area contributed by atoms with Crippen LogP contribution >= 0.6 is 15.9 Å². The lowest BCUT2D eigenvalue weighted by Crippen LogP contribution is -2.43. The van der Waals surface area contributed by atoms with Crippen LogP contribution in [0.1, 0.15) is 18.4 Å². The molecule has 152 valence electrons. The van der Waals surface area contributed by atoms with Crippen molar-refractivity contribution >= 4 is 44.5 Å². The Hall–Kier alpha value is -2.54. The van der Waals surface area contributed by atoms with Crippen LogP contribution in [0.2, 0.25) is 0 Å². The van der Waals surface area contributed by atoms with Crippen LogP contribution in [0.3, 0.4) is 0 Å². The predicted octanol–water partition coefficient (Wildman–Crippen LogP) is 3.92. The number of rotatable bonds is 5. The summed E-state index contributed by atoms with van der Waals surface area (Å²) in [5.41, 5.74) is 4.21. The number of fused-ring (bicyclic) bond motifs is 1. The number of carbonyl (C=O) groups excluding carboxylic acids is 1. The third-order valence-corrected chi connectivity index (χ3v) is 5.94. The molecule has 29 heavy (non-hydrogen) atoms. The maximum Gasteiger partial charge on any atom is 0.225 e. The number of benzene rings is 2. The molecule has 1 aromatic heterocycles. The minimum atomic E-state index is -0.0234. The first-order valence-electron chi connectivity index (χ1n) is 9.94. The number of nitrogens with zero attached hydrogens (tertiary/aromatic N) is 3. The van der Waals surface area contributed by atoms with Gasteiger partial charge in [-0.15, -0.1) is 0 Å². The van der Waals surface area contributed by atoms with E-state index in [1.54, 1.807) is 0 Å². The molecule has 1 atom stereocenters. The van der Waals surface area contributed by atoms with Gasteiger partial charge in [-0.1, -0.05) is 28.1 Å². The number of hydrogen-bond acceptors (Lipinski definition) is 4. The van der Waals surface area contributed by atoms with Crippen molar-refractivity contribution in [2.24, 2.45) is 5.92 Å². The third-order valence-electron chi connectivity index (χ3n) is 5.44. The molecule has 4 rings (SSSR count). The molecule has 2 heterocycles. The molecular formula is C22H26BrN5O. The topological polar surface area (TPSA) is 64.3 Å². The smallest absolute Gasteiger partial charge is 0.225 e. The van der Waals surface area contributed by atoms with Gasteiger partial charge in [0.15, 0.2) is 0 Å². The summed E-state index contributed by atoms with van der Waals surface area (Å²) in [7, 11) is 4.04. The quantitative estimate of drug-likeness (QED) is 0.611. The minimum absolute atomic E-state index is 0.0234. The molecule has 7 heteroatoms. The van der Waals surface area contributed by atoms with Gasteiger partial charge in [0.1, 0.15) is 0 Å². The van der Waals surface area contributed by atoms with Crippen LogP contribution in [0.15, 0.2) is 46.9 Å². The zero-order valence-corrected chi connectivity index (χ0v) is 18.4. The van der Waals surface area contributed by atoms with Gasteiger partial charge >= 0.3 is 0 Å². The Morgan fingerprint density at radius 1 is 1.28 bits per heavy atom. The predicted molar refractivity (Wildman–Crippen MR) is 121 cm³/mol. The van der Waals surface area contributed by atoms with Gasteiger partial charge in [0, 0.05) is 43.9 Å². The first-order chi connectivity index (χ1) is 14.0. The Labute approximate surface area is 179 Å². The van der Waals surface area contributed by atoms with E-state index in [1.165, 1.54) is 0 Å². The highest BCUT2D eigenvalue weighted by molar-refractivity contribution is 9.10. The molecule has 0 spiro atoms. The second-order valence-corrected chi connectivity index (χ2v) is 8.70. The van der Waals surface area contributed by atoms with Crippen LogP contribution < -0.4 is 15.1 Å². The number of aromatic amines is 1. The van der Waals surface area contributed by atoms with Gasteiger partial charge in [0.2, 0.25) is 11.9 Å². The molecular weight excluding hydrogens is 430 g/mol. The number of H-pyrrole nitrogens is 1. The van der Waals surface area contributed by atoms with Crippen LogP contribution in [0, 0.1) is 5.92 Å². The molecule has 0 saturated carbocycles. The summed E-state index contributed by atoms with van der Waals surface area (Å²) in [6.45, 7) is 2.16. The van der Waals surface area contributed by atoms with E-state index in [-0.39, 0.29) is 11.8 Å². The van der Waals surface area contributed by atoms with Crippen LogP contribution in [-0.4, -0.2) is 43.1 Å². The molecule has 6 nitrogen and oxygen atoms in total. The second-order valence-electron chi connectivity index (χ2n) is 7.79. The minimum Gasteiger partial charge on any atom is -0.378 e. The van der Waals surface area contributed by atoms with Gasteiger partial charge in [0.25, 0.3) is 0 Å². The van der Waals surface area contributed by atoms with Gasteiger partial charge in [0.05, 0.1) is 17.0 Å². The molecule has 1 fully saturated rings. The van der Waals surface area contributed by atoms with E-state index >= 15 is 0 Å². The Balaban J connectivity index is 1.37. The van der Waals surface area contributed by atoms with Crippen molar-refractivity contribution in [2.45, 2.75) is 19.4 Å². The van der Waals surface area contributed by atoms with Crippen molar-refractivity contribution in [3.05, 3.63) is 52.5 Å². The zero-order valence-electron chi connectivity index (χ0n) is 16.8. The van der Waals surface area contributed by atoms with E-state index in [0.717, 1.165) is 52.1 Å². The molecule has 2 aromatic carbocycles. The van der Waals surface area contributed by atoms with E-state index < -0.39 is 0 Å². The van der Waals surface area contributed by atoms with Gasteiger partial charge in [-0.3, -0.25) is 4.79 Å². The van der Waals surface area contributed by atoms with Crippen molar-refractivity contribution in [2.75, 3.05) is 37.0 Å². The molecule has 0 radical (unpaired) electrons. The number of carbonyl (C=O) groups is 1. The molecule has 0 bridgehead atoms. The van der Waals surface area contributed by atoms with Gasteiger partial charge in [-0.25, -0.2) is 4.98 Å². The fraction of sp³-hybridized carbons (Fsp3) is 0.364. The summed E-state index contributed by atoms with van der Waals surface area (Å²) >= 11 is 3.50. The largest absolute Gasteiger partial charge is 0.378 e. The van der Waals surface area contributed by atoms with Crippen molar-refractivity contribution in [3.63, 3.8) is 0 Å². The lowest BCUT2D eigenvalue weighted by molar-refractivity contribution is -0.125. The summed E-state index contributed by atoms with van der Waals surface area (Å²) in [5, 5.41) is 3.11. The van der Waals surface area contributed by atoms with Gasteiger partial charge in [-0.05, 0) is 48.7 Å². The van der Waals surface area contributed by atoms with Crippen LogP contribution in [0.25, 0.3) is 11.0 Å². The normalized spacial score (nSPS) is 16.8. The first kappa shape index (κ1) is 19.8. The second kappa shape index (κ2) is 8.45. The number of piperidine rings is 1. The molecule has 2 N–H and O–H groups in total. The number of halogens is 1. The van der Waals surface area contributed by atoms with Gasteiger partial charge in [-0.2, -0.15) is 0 Å². The van der Waals surface area contributed by atoms with Crippen molar-refractivity contribution < 1.29 is 4.79 Å². The number of hydrogen-bond donors (Lipinski definition) is 2. The van der Waals surface area contributed by atoms with Crippen molar-refractivity contribution in [1.29, 1.82) is 0 Å². The highest BCUT2D eigenvalue weighted by Gasteiger charge is 2.27. The molecule has 0 aliphatic carbocycles. The highest BCUT2D eigenvalue weighted by Crippen LogP contribution is 2.25. The maximum absolute atomic E-state index is 12.8. The van der Waals surface area contributed by atoms with Crippen molar-refractivity contribution in [3.8, 4) is 0 Å². The molecule has 1 saturated heterocycles. The van der Waals surface area contributed by atoms with E-state index in [2.05, 4.69) is 60.3 Å². The number of nitrogens with one attached hydrogen (secondary N) is 2. The summed E-state index contributed by atoms with van der Waals surface area (Å²) in [4.78, 5) is 25.1. The molecule has 1 aliphatic rings. The summed E-state index contributed by atoms with van der Waals surface area (Å²) in [6.07, 6.45) is 1.89. The van der Waals surface area contributed by atoms with Crippen LogP contribution in [0.4, 0.5) is 11.6 Å². The number of amides is 1. The Morgan fingerprint density at radius 3 is 2.83 bits per heavy atom. The summed E-state index contributed by atoms with van der Waals surface area (Å²) in [5.74, 6) is 0.935. The van der Waals surface area contributed by atoms with E-state index in [1.807, 2.05) is 32.3 Å². The number of anilines is 2. The lowest BCUT2D eigenvalue weighted by atomic mass is 9.97. The van der Waals surface area contributed by atoms with Crippen LogP contribution in [0.5, 0.6) is 0 Å². The molecule has 0 unspecified atom stereocenters. The monoisotopic (exact) mass is 455 g/mol. The third kappa shape index (κ3) is 4.56. The maximum atomic E-state index is 12.8. The fourth-order valence-electron chi connectivity index (χ4n) is 3.75. The first-order valence-corrected chi connectivity index (χ1v) is 10.7. The zero-order chi connectivity index (χ0) is 20.4. The molecule has 1 aliphatic heterocycles. The average Bonchev–Trinajstić information content (AvgIpc) is 3.15. The average molecular weight is 456 g/mol. The Bertz CT molecular complexity index is 998. The van der Waals surface area contributed by atoms with E-state index in [0.29, 0.717) is 13.1 Å². The number of aromatic nitrogens is 2. The molecule has 3 aromatic rings. The van der Waals surface area contributed by atoms with E-state index in [9.17, 15) is 4.79 Å². The lowest BCUT2D eigenvalue weighted by Gasteiger charge is -2.31. The highest BCUT2D eigenvalue weighted by atomic mass is 79.9.